The summed E-state index contributed by atoms with van der Waals surface area (Å²) in [6.45, 7) is 3.10. The molecule has 1 saturated heterocycles. The van der Waals surface area contributed by atoms with Gasteiger partial charge in [0.2, 0.25) is 11.7 Å². The molecule has 1 aliphatic rings. The summed E-state index contributed by atoms with van der Waals surface area (Å²) in [6, 6.07) is 0.177. The average molecular weight is 251 g/mol. The third-order valence-electron chi connectivity index (χ3n) is 3.09. The number of H-pyrrole nitrogens is 1. The molecule has 2 rings (SSSR count). The van der Waals surface area contributed by atoms with E-state index in [2.05, 4.69) is 20.5 Å². The molecule has 0 radical (unpaired) electrons. The highest BCUT2D eigenvalue weighted by molar-refractivity contribution is 5.90. The molecule has 18 heavy (non-hydrogen) atoms. The van der Waals surface area contributed by atoms with Crippen LogP contribution in [0, 0.1) is 0 Å². The molecule has 2 heterocycles. The van der Waals surface area contributed by atoms with Gasteiger partial charge >= 0.3 is 0 Å². The molecule has 0 unspecified atom stereocenters. The molecular formula is C11H17N5O2. The molecule has 0 aromatic carbocycles. The van der Waals surface area contributed by atoms with Crippen LogP contribution in [-0.4, -0.2) is 51.0 Å². The van der Waals surface area contributed by atoms with Crippen molar-refractivity contribution in [1.82, 2.24) is 25.4 Å². The Morgan fingerprint density at radius 2 is 2.22 bits per heavy atom. The molecule has 1 aliphatic heterocycles. The zero-order valence-electron chi connectivity index (χ0n) is 10.3. The number of carbonyl (C=O) groups excluding carboxylic acids is 2. The molecule has 0 atom stereocenters. The van der Waals surface area contributed by atoms with E-state index < -0.39 is 0 Å². The lowest BCUT2D eigenvalue weighted by Gasteiger charge is -2.31. The average Bonchev–Trinajstić information content (AvgIpc) is 2.92. The van der Waals surface area contributed by atoms with Gasteiger partial charge in [-0.15, -0.1) is 0 Å². The van der Waals surface area contributed by atoms with Gasteiger partial charge in [0.05, 0.1) is 0 Å². The maximum absolute atomic E-state index is 12.0. The summed E-state index contributed by atoms with van der Waals surface area (Å²) in [5.74, 6) is 0.203. The predicted molar refractivity (Wildman–Crippen MR) is 63.7 cm³/mol. The van der Waals surface area contributed by atoms with Gasteiger partial charge in [-0.2, -0.15) is 5.10 Å². The van der Waals surface area contributed by atoms with Crippen LogP contribution in [0.15, 0.2) is 6.33 Å². The van der Waals surface area contributed by atoms with Crippen molar-refractivity contribution in [3.05, 3.63) is 12.2 Å². The summed E-state index contributed by atoms with van der Waals surface area (Å²) >= 11 is 0. The standard InChI is InChI=1S/C11H17N5O2/c1-2-9(17)14-8-3-5-16(6-4-8)11(18)10-12-7-13-15-10/h7-8H,2-6H2,1H3,(H,14,17)(H,12,13,15). The molecule has 0 bridgehead atoms. The Bertz CT molecular complexity index is 409. The van der Waals surface area contributed by atoms with Gasteiger partial charge in [-0.25, -0.2) is 4.98 Å². The Morgan fingerprint density at radius 3 is 2.78 bits per heavy atom. The van der Waals surface area contributed by atoms with E-state index in [0.29, 0.717) is 19.5 Å². The Labute approximate surface area is 105 Å². The number of nitrogens with one attached hydrogen (secondary N) is 2. The highest BCUT2D eigenvalue weighted by Gasteiger charge is 2.25. The van der Waals surface area contributed by atoms with Gasteiger partial charge in [0.25, 0.3) is 5.91 Å². The van der Waals surface area contributed by atoms with Crippen molar-refractivity contribution in [2.75, 3.05) is 13.1 Å². The lowest BCUT2D eigenvalue weighted by molar-refractivity contribution is -0.121. The largest absolute Gasteiger partial charge is 0.353 e. The molecule has 0 aliphatic carbocycles. The smallest absolute Gasteiger partial charge is 0.291 e. The van der Waals surface area contributed by atoms with E-state index in [9.17, 15) is 9.59 Å². The van der Waals surface area contributed by atoms with E-state index in [0.717, 1.165) is 12.8 Å². The van der Waals surface area contributed by atoms with Crippen LogP contribution in [0.4, 0.5) is 0 Å². The monoisotopic (exact) mass is 251 g/mol. The molecule has 7 heteroatoms. The molecule has 2 amide bonds. The van der Waals surface area contributed by atoms with Crippen molar-refractivity contribution in [2.45, 2.75) is 32.2 Å². The quantitative estimate of drug-likeness (QED) is 0.787. The second-order valence-corrected chi connectivity index (χ2v) is 4.32. The Morgan fingerprint density at radius 1 is 1.50 bits per heavy atom. The lowest BCUT2D eigenvalue weighted by Crippen LogP contribution is -2.46. The number of amides is 2. The first-order valence-electron chi connectivity index (χ1n) is 6.14. The first-order chi connectivity index (χ1) is 8.70. The number of aromatic nitrogens is 3. The van der Waals surface area contributed by atoms with Gasteiger partial charge in [0, 0.05) is 25.6 Å². The first-order valence-corrected chi connectivity index (χ1v) is 6.14. The lowest BCUT2D eigenvalue weighted by atomic mass is 10.0. The van der Waals surface area contributed by atoms with Gasteiger partial charge in [-0.3, -0.25) is 14.7 Å². The van der Waals surface area contributed by atoms with E-state index in [1.165, 1.54) is 6.33 Å². The zero-order valence-corrected chi connectivity index (χ0v) is 10.3. The summed E-state index contributed by atoms with van der Waals surface area (Å²) in [5.41, 5.74) is 0. The van der Waals surface area contributed by atoms with Crippen LogP contribution in [0.5, 0.6) is 0 Å². The summed E-state index contributed by atoms with van der Waals surface area (Å²) < 4.78 is 0. The molecule has 1 aromatic rings. The molecule has 1 fully saturated rings. The van der Waals surface area contributed by atoms with Crippen LogP contribution in [0.25, 0.3) is 0 Å². The number of carbonyl (C=O) groups is 2. The fourth-order valence-electron chi connectivity index (χ4n) is 2.01. The zero-order chi connectivity index (χ0) is 13.0. The maximum Gasteiger partial charge on any atom is 0.291 e. The minimum absolute atomic E-state index is 0.0648. The van der Waals surface area contributed by atoms with Crippen molar-refractivity contribution in [3.8, 4) is 0 Å². The first kappa shape index (κ1) is 12.5. The highest BCUT2D eigenvalue weighted by Crippen LogP contribution is 2.12. The van der Waals surface area contributed by atoms with Crippen LogP contribution < -0.4 is 5.32 Å². The van der Waals surface area contributed by atoms with Crippen molar-refractivity contribution in [2.24, 2.45) is 0 Å². The highest BCUT2D eigenvalue weighted by atomic mass is 16.2. The minimum Gasteiger partial charge on any atom is -0.353 e. The normalized spacial score (nSPS) is 16.6. The van der Waals surface area contributed by atoms with Crippen LogP contribution in [0.3, 0.4) is 0 Å². The Kier molecular flexibility index (Phi) is 3.91. The maximum atomic E-state index is 12.0. The summed E-state index contributed by atoms with van der Waals surface area (Å²) in [7, 11) is 0. The number of nitrogens with zero attached hydrogens (tertiary/aromatic N) is 3. The van der Waals surface area contributed by atoms with Gasteiger partial charge in [-0.05, 0) is 12.8 Å². The second-order valence-electron chi connectivity index (χ2n) is 4.32. The van der Waals surface area contributed by atoms with E-state index in [1.807, 2.05) is 6.92 Å². The fraction of sp³-hybridized carbons (Fsp3) is 0.636. The number of rotatable bonds is 3. The number of hydrogen-bond donors (Lipinski definition) is 2. The van der Waals surface area contributed by atoms with Gasteiger partial charge < -0.3 is 10.2 Å². The van der Waals surface area contributed by atoms with Crippen LogP contribution in [0.2, 0.25) is 0 Å². The van der Waals surface area contributed by atoms with Gasteiger partial charge in [0.1, 0.15) is 6.33 Å². The van der Waals surface area contributed by atoms with Crippen LogP contribution in [-0.2, 0) is 4.79 Å². The Hall–Kier alpha value is -1.92. The molecular weight excluding hydrogens is 234 g/mol. The number of likely N-dealkylation sites (tertiary alicyclic amines) is 1. The third kappa shape index (κ3) is 2.85. The summed E-state index contributed by atoms with van der Waals surface area (Å²) in [4.78, 5) is 28.8. The molecule has 2 N–H and O–H groups in total. The SMILES string of the molecule is CCC(=O)NC1CCN(C(=O)c2ncn[nH]2)CC1. The van der Waals surface area contributed by atoms with Gasteiger partial charge in [0.15, 0.2) is 0 Å². The Balaban J connectivity index is 1.83. The number of piperidine rings is 1. The van der Waals surface area contributed by atoms with E-state index >= 15 is 0 Å². The van der Waals surface area contributed by atoms with Gasteiger partial charge in [-0.1, -0.05) is 6.92 Å². The summed E-state index contributed by atoms with van der Waals surface area (Å²) in [6.07, 6.45) is 3.38. The van der Waals surface area contributed by atoms with Crippen molar-refractivity contribution in [3.63, 3.8) is 0 Å². The molecule has 98 valence electrons. The molecule has 7 nitrogen and oxygen atoms in total. The second kappa shape index (κ2) is 5.61. The molecule has 1 aromatic heterocycles. The van der Waals surface area contributed by atoms with Crippen LogP contribution in [0.1, 0.15) is 36.8 Å². The van der Waals surface area contributed by atoms with Crippen LogP contribution >= 0.6 is 0 Å². The minimum atomic E-state index is -0.132. The fourth-order valence-corrected chi connectivity index (χ4v) is 2.01. The third-order valence-corrected chi connectivity index (χ3v) is 3.09. The van der Waals surface area contributed by atoms with E-state index in [1.54, 1.807) is 4.90 Å². The summed E-state index contributed by atoms with van der Waals surface area (Å²) in [5, 5.41) is 9.18. The number of aromatic amines is 1. The molecule has 0 saturated carbocycles. The topological polar surface area (TPSA) is 91.0 Å². The van der Waals surface area contributed by atoms with E-state index in [4.69, 9.17) is 0 Å². The predicted octanol–water partition coefficient (Wildman–Crippen LogP) is -0.0645. The molecule has 0 spiro atoms. The number of hydrogen-bond acceptors (Lipinski definition) is 4. The van der Waals surface area contributed by atoms with E-state index in [-0.39, 0.29) is 23.7 Å². The van der Waals surface area contributed by atoms with Crippen molar-refractivity contribution < 1.29 is 9.59 Å². The van der Waals surface area contributed by atoms with Crippen molar-refractivity contribution >= 4 is 11.8 Å². The van der Waals surface area contributed by atoms with Crippen molar-refractivity contribution in [1.29, 1.82) is 0 Å².